The number of nitriles is 1. The highest BCUT2D eigenvalue weighted by Gasteiger charge is 2.28. The van der Waals surface area contributed by atoms with Gasteiger partial charge in [-0.3, -0.25) is 14.1 Å². The van der Waals surface area contributed by atoms with Gasteiger partial charge in [0, 0.05) is 23.6 Å². The molecule has 1 N–H and O–H groups in total. The maximum atomic E-state index is 13.9. The first-order valence-corrected chi connectivity index (χ1v) is 21.4. The number of nitrogens with zero attached hydrogens (tertiary/aromatic N) is 4. The molecule has 0 aromatic heterocycles. The molecule has 0 aliphatic carbocycles. The predicted octanol–water partition coefficient (Wildman–Crippen LogP) is 13.5. The van der Waals surface area contributed by atoms with E-state index in [9.17, 15) is 9.83 Å². The van der Waals surface area contributed by atoms with Crippen LogP contribution in [0.1, 0.15) is 131 Å². The Morgan fingerprint density at radius 3 is 2.06 bits per heavy atom. The summed E-state index contributed by atoms with van der Waals surface area (Å²) in [4.78, 5) is 2.47. The van der Waals surface area contributed by atoms with Crippen LogP contribution in [-0.2, 0) is 13.6 Å². The molecule has 2 unspecified atom stereocenters. The van der Waals surface area contributed by atoms with Gasteiger partial charge in [-0.1, -0.05) is 92.4 Å². The number of hydrogen-bond donors (Lipinski definition) is 1. The van der Waals surface area contributed by atoms with Crippen molar-refractivity contribution in [3.63, 3.8) is 0 Å². The van der Waals surface area contributed by atoms with Crippen LogP contribution in [0.2, 0.25) is 0 Å². The van der Waals surface area contributed by atoms with Crippen LogP contribution in [0.25, 0.3) is 0 Å². The number of ether oxygens (including phenoxy) is 1. The van der Waals surface area contributed by atoms with E-state index >= 15 is 0 Å². The van der Waals surface area contributed by atoms with Gasteiger partial charge < -0.3 is 9.64 Å². The second-order valence-corrected chi connectivity index (χ2v) is 15.5. The van der Waals surface area contributed by atoms with Crippen LogP contribution in [0.15, 0.2) is 45.0 Å². The monoisotopic (exact) mass is 775 g/mol. The maximum absolute atomic E-state index is 13.9. The van der Waals surface area contributed by atoms with Gasteiger partial charge in [0.2, 0.25) is 0 Å². The molecule has 0 saturated heterocycles. The van der Waals surface area contributed by atoms with Crippen molar-refractivity contribution in [1.82, 2.24) is 0 Å². The third-order valence-electron chi connectivity index (χ3n) is 8.94. The molecule has 0 bridgehead atoms. The number of azo groups is 1. The molecule has 0 radical (unpaired) electrons. The number of rotatable bonds is 27. The molecule has 0 amide bonds. The standard InChI is InChI=1S/C39H63BrN5O4P/c1-8-15-18-19-24-45(29-31(11-4)20-16-9-2)38-26-37(44-50(46,48-13-6)49-14-7)36(27-39(38)47-30-32(12-5)21-17-10-3)43-42-35-23-22-33(28-41)25-34(35)40/h22-23,25-27,31-32H,8-21,24,29-30H2,1-7H3,(H,44,46). The van der Waals surface area contributed by atoms with Gasteiger partial charge in [0.1, 0.15) is 11.4 Å². The summed E-state index contributed by atoms with van der Waals surface area (Å²) in [5.74, 6) is 1.70. The second-order valence-electron chi connectivity index (χ2n) is 12.9. The minimum Gasteiger partial charge on any atom is -0.491 e. The SMILES string of the molecule is CCCCCCN(CC(CC)CCCC)c1cc(NP(=O)(OCC)OCC)c(N=Nc2ccc(C#N)cc2Br)cc1OCC(CC)CCCC. The highest BCUT2D eigenvalue weighted by atomic mass is 79.9. The molecule has 0 aliphatic heterocycles. The highest BCUT2D eigenvalue weighted by Crippen LogP contribution is 2.52. The van der Waals surface area contributed by atoms with E-state index in [0.29, 0.717) is 45.5 Å². The van der Waals surface area contributed by atoms with Crippen LogP contribution in [0.3, 0.4) is 0 Å². The lowest BCUT2D eigenvalue weighted by Crippen LogP contribution is -2.31. The van der Waals surface area contributed by atoms with E-state index in [1.165, 1.54) is 38.5 Å². The highest BCUT2D eigenvalue weighted by molar-refractivity contribution is 9.10. The summed E-state index contributed by atoms with van der Waals surface area (Å²) in [7, 11) is -3.73. The molecule has 0 fully saturated rings. The maximum Gasteiger partial charge on any atom is 0.432 e. The Labute approximate surface area is 311 Å². The molecule has 2 aromatic carbocycles. The molecule has 0 spiro atoms. The lowest BCUT2D eigenvalue weighted by atomic mass is 9.98. The summed E-state index contributed by atoms with van der Waals surface area (Å²) in [5.41, 5.74) is 2.96. The zero-order chi connectivity index (χ0) is 36.8. The first-order chi connectivity index (χ1) is 24.2. The van der Waals surface area contributed by atoms with Crippen molar-refractivity contribution < 1.29 is 18.3 Å². The molecule has 280 valence electrons. The minimum atomic E-state index is -3.73. The normalized spacial score (nSPS) is 12.9. The number of hydrogen-bond acceptors (Lipinski definition) is 8. The van der Waals surface area contributed by atoms with Crippen molar-refractivity contribution in [1.29, 1.82) is 5.26 Å². The van der Waals surface area contributed by atoms with Crippen molar-refractivity contribution in [2.24, 2.45) is 22.1 Å². The fraction of sp³-hybridized carbons (Fsp3) is 0.667. The molecule has 0 heterocycles. The zero-order valence-corrected chi connectivity index (χ0v) is 34.3. The van der Waals surface area contributed by atoms with Crippen LogP contribution < -0.4 is 14.7 Å². The van der Waals surface area contributed by atoms with Crippen molar-refractivity contribution in [3.05, 3.63) is 40.4 Å². The third-order valence-corrected chi connectivity index (χ3v) is 11.3. The van der Waals surface area contributed by atoms with Crippen molar-refractivity contribution in [2.45, 2.75) is 126 Å². The fourth-order valence-electron chi connectivity index (χ4n) is 5.82. The van der Waals surface area contributed by atoms with Gasteiger partial charge in [0.15, 0.2) is 0 Å². The average molecular weight is 777 g/mol. The summed E-state index contributed by atoms with van der Waals surface area (Å²) in [6.45, 7) is 17.6. The Morgan fingerprint density at radius 2 is 1.48 bits per heavy atom. The van der Waals surface area contributed by atoms with Gasteiger partial charge in [-0.05, 0) is 85.1 Å². The third kappa shape index (κ3) is 15.0. The van der Waals surface area contributed by atoms with Gasteiger partial charge >= 0.3 is 7.75 Å². The Hall–Kier alpha value is -2.44. The smallest absolute Gasteiger partial charge is 0.432 e. The molecule has 9 nitrogen and oxygen atoms in total. The average Bonchev–Trinajstić information content (AvgIpc) is 3.11. The number of nitrogens with one attached hydrogen (secondary N) is 1. The number of benzene rings is 2. The molecule has 2 aromatic rings. The molecule has 0 aliphatic rings. The number of anilines is 2. The summed E-state index contributed by atoms with van der Waals surface area (Å²) in [6.07, 6.45) is 13.7. The Kier molecular flexibility index (Phi) is 21.6. The van der Waals surface area contributed by atoms with E-state index in [0.717, 1.165) is 63.1 Å². The lowest BCUT2D eigenvalue weighted by molar-refractivity contribution is 0.225. The van der Waals surface area contributed by atoms with E-state index in [4.69, 9.17) is 13.8 Å². The quantitative estimate of drug-likeness (QED) is 0.0546. The van der Waals surface area contributed by atoms with Crippen LogP contribution in [0, 0.1) is 23.2 Å². The molecule has 50 heavy (non-hydrogen) atoms. The fourth-order valence-corrected chi connectivity index (χ4v) is 7.64. The molecule has 2 rings (SSSR count). The molecule has 2 atom stereocenters. The van der Waals surface area contributed by atoms with E-state index in [2.05, 4.69) is 76.8 Å². The molecule has 11 heteroatoms. The Balaban J connectivity index is 2.81. The van der Waals surface area contributed by atoms with E-state index in [1.807, 2.05) is 12.1 Å². The summed E-state index contributed by atoms with van der Waals surface area (Å²) in [6, 6.07) is 11.2. The minimum absolute atomic E-state index is 0.211. The summed E-state index contributed by atoms with van der Waals surface area (Å²) in [5, 5.41) is 21.7. The van der Waals surface area contributed by atoms with Crippen LogP contribution in [-0.4, -0.2) is 32.9 Å². The second kappa shape index (κ2) is 24.7. The number of halogens is 1. The van der Waals surface area contributed by atoms with Crippen molar-refractivity contribution in [2.75, 3.05) is 42.9 Å². The van der Waals surface area contributed by atoms with Gasteiger partial charge in [-0.2, -0.15) is 5.26 Å². The van der Waals surface area contributed by atoms with E-state index in [-0.39, 0.29) is 13.2 Å². The first kappa shape index (κ1) is 43.7. The number of unbranched alkanes of at least 4 members (excludes halogenated alkanes) is 5. The summed E-state index contributed by atoms with van der Waals surface area (Å²) < 4.78 is 32.7. The molecular formula is C39H63BrN5O4P. The first-order valence-electron chi connectivity index (χ1n) is 19.0. The van der Waals surface area contributed by atoms with E-state index < -0.39 is 7.75 Å². The van der Waals surface area contributed by atoms with Gasteiger partial charge in [0.05, 0.1) is 48.5 Å². The largest absolute Gasteiger partial charge is 0.491 e. The Bertz CT molecular complexity index is 1370. The lowest BCUT2D eigenvalue weighted by Gasteiger charge is -2.32. The molecule has 0 saturated carbocycles. The topological polar surface area (TPSA) is 109 Å². The zero-order valence-electron chi connectivity index (χ0n) is 31.8. The van der Waals surface area contributed by atoms with Crippen LogP contribution >= 0.6 is 23.7 Å². The summed E-state index contributed by atoms with van der Waals surface area (Å²) >= 11 is 3.53. The van der Waals surface area contributed by atoms with Gasteiger partial charge in [-0.25, -0.2) is 4.57 Å². The van der Waals surface area contributed by atoms with Gasteiger partial charge in [0.25, 0.3) is 0 Å². The van der Waals surface area contributed by atoms with Crippen LogP contribution in [0.5, 0.6) is 5.75 Å². The van der Waals surface area contributed by atoms with Crippen molar-refractivity contribution in [3.8, 4) is 11.8 Å². The van der Waals surface area contributed by atoms with Crippen LogP contribution in [0.4, 0.5) is 22.7 Å². The van der Waals surface area contributed by atoms with E-state index in [1.54, 1.807) is 32.0 Å². The predicted molar refractivity (Wildman–Crippen MR) is 212 cm³/mol. The van der Waals surface area contributed by atoms with Gasteiger partial charge in [-0.15, -0.1) is 10.2 Å². The molecular weight excluding hydrogens is 713 g/mol. The Morgan fingerprint density at radius 1 is 0.840 bits per heavy atom. The van der Waals surface area contributed by atoms with Crippen molar-refractivity contribution >= 4 is 46.4 Å².